The minimum absolute atomic E-state index is 0. The average Bonchev–Trinajstić information content (AvgIpc) is 3.26. The SMILES string of the molecule is CCNC(=NCc1cc(Br)c2c(c1)OCO2)NCc1cc(C(C)C)no1.I. The van der Waals surface area contributed by atoms with Crippen molar-refractivity contribution in [1.29, 1.82) is 0 Å². The molecule has 0 atom stereocenters. The van der Waals surface area contributed by atoms with Crippen LogP contribution in [-0.2, 0) is 13.1 Å². The second kappa shape index (κ2) is 10.2. The molecule has 0 fully saturated rings. The van der Waals surface area contributed by atoms with Crippen LogP contribution in [0.3, 0.4) is 0 Å². The van der Waals surface area contributed by atoms with E-state index in [1.54, 1.807) is 0 Å². The summed E-state index contributed by atoms with van der Waals surface area (Å²) < 4.78 is 17.1. The number of rotatable bonds is 6. The molecule has 1 aromatic heterocycles. The Morgan fingerprint density at radius 1 is 1.26 bits per heavy atom. The summed E-state index contributed by atoms with van der Waals surface area (Å²) in [7, 11) is 0. The number of hydrogen-bond donors (Lipinski definition) is 2. The van der Waals surface area contributed by atoms with E-state index in [4.69, 9.17) is 14.0 Å². The highest BCUT2D eigenvalue weighted by Crippen LogP contribution is 2.40. The van der Waals surface area contributed by atoms with Crippen molar-refractivity contribution in [2.24, 2.45) is 4.99 Å². The van der Waals surface area contributed by atoms with Crippen LogP contribution >= 0.6 is 39.9 Å². The van der Waals surface area contributed by atoms with Gasteiger partial charge in [0.1, 0.15) is 0 Å². The predicted octanol–water partition coefficient (Wildman–Crippen LogP) is 4.16. The standard InChI is InChI=1S/C18H23BrN4O3.HI/c1-4-20-18(22-9-13-7-15(11(2)3)23-26-13)21-8-12-5-14(19)17-16(6-12)24-10-25-17;/h5-7,11H,4,8-10H2,1-3H3,(H2,20,21,22);1H. The number of aromatic nitrogens is 1. The molecule has 1 aliphatic rings. The van der Waals surface area contributed by atoms with E-state index in [-0.39, 0.29) is 30.8 Å². The zero-order valence-corrected chi connectivity index (χ0v) is 19.5. The lowest BCUT2D eigenvalue weighted by Gasteiger charge is -2.10. The maximum absolute atomic E-state index is 5.45. The van der Waals surface area contributed by atoms with Crippen molar-refractivity contribution in [2.45, 2.75) is 39.8 Å². The first-order valence-electron chi connectivity index (χ1n) is 8.62. The Hall–Kier alpha value is -1.49. The topological polar surface area (TPSA) is 80.9 Å². The van der Waals surface area contributed by atoms with Gasteiger partial charge in [-0.2, -0.15) is 0 Å². The number of ether oxygens (including phenoxy) is 2. The summed E-state index contributed by atoms with van der Waals surface area (Å²) in [5, 5.41) is 10.6. The third kappa shape index (κ3) is 5.74. The predicted molar refractivity (Wildman–Crippen MR) is 118 cm³/mol. The molecule has 0 saturated heterocycles. The molecular formula is C18H24BrIN4O3. The summed E-state index contributed by atoms with van der Waals surface area (Å²) in [6.45, 7) is 8.26. The molecule has 9 heteroatoms. The normalized spacial score (nSPS) is 12.9. The first kappa shape index (κ1) is 21.8. The molecule has 0 bridgehead atoms. The number of benzene rings is 1. The Balaban J connectivity index is 0.00000261. The third-order valence-electron chi connectivity index (χ3n) is 3.85. The Morgan fingerprint density at radius 3 is 2.78 bits per heavy atom. The van der Waals surface area contributed by atoms with Crippen LogP contribution < -0.4 is 20.1 Å². The molecule has 7 nitrogen and oxygen atoms in total. The Bertz CT molecular complexity index is 795. The molecule has 2 N–H and O–H groups in total. The van der Waals surface area contributed by atoms with Gasteiger partial charge in [0.05, 0.1) is 23.3 Å². The fourth-order valence-electron chi connectivity index (χ4n) is 2.48. The van der Waals surface area contributed by atoms with Crippen LogP contribution in [-0.4, -0.2) is 24.5 Å². The van der Waals surface area contributed by atoms with E-state index in [9.17, 15) is 0 Å². The lowest BCUT2D eigenvalue weighted by Crippen LogP contribution is -2.36. The first-order chi connectivity index (χ1) is 12.6. The molecule has 0 aliphatic carbocycles. The van der Waals surface area contributed by atoms with Crippen molar-refractivity contribution in [1.82, 2.24) is 15.8 Å². The summed E-state index contributed by atoms with van der Waals surface area (Å²) in [5.41, 5.74) is 1.98. The molecule has 2 heterocycles. The summed E-state index contributed by atoms with van der Waals surface area (Å²) in [6.07, 6.45) is 0. The van der Waals surface area contributed by atoms with Gasteiger partial charge in [0.2, 0.25) is 6.79 Å². The van der Waals surface area contributed by atoms with Crippen LogP contribution in [0.1, 0.15) is 43.7 Å². The van der Waals surface area contributed by atoms with Crippen LogP contribution in [0.15, 0.2) is 32.2 Å². The van der Waals surface area contributed by atoms with Crippen molar-refractivity contribution >= 4 is 45.9 Å². The fraction of sp³-hybridized carbons (Fsp3) is 0.444. The quantitative estimate of drug-likeness (QED) is 0.319. The van der Waals surface area contributed by atoms with E-state index >= 15 is 0 Å². The van der Waals surface area contributed by atoms with Gasteiger partial charge >= 0.3 is 0 Å². The van der Waals surface area contributed by atoms with E-state index in [1.807, 2.05) is 25.1 Å². The molecule has 3 rings (SSSR count). The van der Waals surface area contributed by atoms with Crippen molar-refractivity contribution in [3.63, 3.8) is 0 Å². The zero-order chi connectivity index (χ0) is 18.5. The zero-order valence-electron chi connectivity index (χ0n) is 15.5. The number of nitrogens with zero attached hydrogens (tertiary/aromatic N) is 2. The van der Waals surface area contributed by atoms with Gasteiger partial charge < -0.3 is 24.6 Å². The molecule has 0 unspecified atom stereocenters. The van der Waals surface area contributed by atoms with Gasteiger partial charge in [0.15, 0.2) is 23.2 Å². The van der Waals surface area contributed by atoms with E-state index in [2.05, 4.69) is 50.6 Å². The third-order valence-corrected chi connectivity index (χ3v) is 4.44. The van der Waals surface area contributed by atoms with Crippen LogP contribution in [0.25, 0.3) is 0 Å². The maximum Gasteiger partial charge on any atom is 0.231 e. The number of guanidine groups is 1. The smallest absolute Gasteiger partial charge is 0.231 e. The van der Waals surface area contributed by atoms with Crippen molar-refractivity contribution < 1.29 is 14.0 Å². The van der Waals surface area contributed by atoms with Gasteiger partial charge in [0.25, 0.3) is 0 Å². The van der Waals surface area contributed by atoms with E-state index in [0.29, 0.717) is 25.0 Å². The van der Waals surface area contributed by atoms with Gasteiger partial charge in [0, 0.05) is 12.6 Å². The maximum atomic E-state index is 5.45. The average molecular weight is 551 g/mol. The molecular weight excluding hydrogens is 527 g/mol. The van der Waals surface area contributed by atoms with Crippen molar-refractivity contribution in [2.75, 3.05) is 13.3 Å². The number of fused-ring (bicyclic) bond motifs is 1. The van der Waals surface area contributed by atoms with E-state index < -0.39 is 0 Å². The van der Waals surface area contributed by atoms with Crippen molar-refractivity contribution in [3.8, 4) is 11.5 Å². The highest BCUT2D eigenvalue weighted by atomic mass is 127. The second-order valence-electron chi connectivity index (χ2n) is 6.23. The second-order valence-corrected chi connectivity index (χ2v) is 7.09. The van der Waals surface area contributed by atoms with Crippen LogP contribution in [0.2, 0.25) is 0 Å². The minimum Gasteiger partial charge on any atom is -0.454 e. The van der Waals surface area contributed by atoms with E-state index in [1.165, 1.54) is 0 Å². The van der Waals surface area contributed by atoms with Crippen LogP contribution in [0.4, 0.5) is 0 Å². The summed E-state index contributed by atoms with van der Waals surface area (Å²) in [6, 6.07) is 5.91. The first-order valence-corrected chi connectivity index (χ1v) is 9.41. The monoisotopic (exact) mass is 550 g/mol. The molecule has 0 saturated carbocycles. The van der Waals surface area contributed by atoms with E-state index in [0.717, 1.165) is 39.5 Å². The number of halogens is 2. The molecule has 0 spiro atoms. The summed E-state index contributed by atoms with van der Waals surface area (Å²) >= 11 is 3.51. The molecule has 1 aliphatic heterocycles. The largest absolute Gasteiger partial charge is 0.454 e. The lowest BCUT2D eigenvalue weighted by atomic mass is 10.1. The number of hydrogen-bond acceptors (Lipinski definition) is 5. The van der Waals surface area contributed by atoms with Gasteiger partial charge in [-0.1, -0.05) is 19.0 Å². The number of nitrogens with one attached hydrogen (secondary N) is 2. The molecule has 2 aromatic rings. The lowest BCUT2D eigenvalue weighted by molar-refractivity contribution is 0.173. The molecule has 148 valence electrons. The summed E-state index contributed by atoms with van der Waals surface area (Å²) in [5.74, 6) is 3.33. The minimum atomic E-state index is 0. The number of aliphatic imine (C=N–C) groups is 1. The highest BCUT2D eigenvalue weighted by Gasteiger charge is 2.17. The molecule has 1 aromatic carbocycles. The highest BCUT2D eigenvalue weighted by molar-refractivity contribution is 14.0. The Labute approximate surface area is 184 Å². The molecule has 27 heavy (non-hydrogen) atoms. The molecule has 0 amide bonds. The van der Waals surface area contributed by atoms with Crippen LogP contribution in [0.5, 0.6) is 11.5 Å². The van der Waals surface area contributed by atoms with Crippen molar-refractivity contribution in [3.05, 3.63) is 39.7 Å². The molecule has 0 radical (unpaired) electrons. The fourth-order valence-corrected chi connectivity index (χ4v) is 3.08. The van der Waals surface area contributed by atoms with Gasteiger partial charge in [-0.15, -0.1) is 24.0 Å². The summed E-state index contributed by atoms with van der Waals surface area (Å²) in [4.78, 5) is 4.62. The Morgan fingerprint density at radius 2 is 2.07 bits per heavy atom. The van der Waals surface area contributed by atoms with Crippen LogP contribution in [0, 0.1) is 0 Å². The van der Waals surface area contributed by atoms with Gasteiger partial charge in [-0.05, 0) is 46.5 Å². The Kier molecular flexibility index (Phi) is 8.21. The van der Waals surface area contributed by atoms with Gasteiger partial charge in [-0.3, -0.25) is 0 Å². The van der Waals surface area contributed by atoms with Gasteiger partial charge in [-0.25, -0.2) is 4.99 Å².